The zero-order valence-electron chi connectivity index (χ0n) is 16.0. The lowest BCUT2D eigenvalue weighted by Gasteiger charge is -2.22. The molecule has 2 aromatic rings. The van der Waals surface area contributed by atoms with Gasteiger partial charge in [0.05, 0.1) is 24.3 Å². The Morgan fingerprint density at radius 1 is 1.37 bits per heavy atom. The molecule has 1 aliphatic rings. The van der Waals surface area contributed by atoms with Gasteiger partial charge < -0.3 is 15.6 Å². The smallest absolute Gasteiger partial charge is 0.255 e. The van der Waals surface area contributed by atoms with E-state index in [9.17, 15) is 9.59 Å². The van der Waals surface area contributed by atoms with Gasteiger partial charge in [-0.15, -0.1) is 0 Å². The average molecular weight is 373 g/mol. The van der Waals surface area contributed by atoms with Crippen molar-refractivity contribution in [2.75, 3.05) is 13.1 Å². The van der Waals surface area contributed by atoms with Crippen LogP contribution in [0.15, 0.2) is 18.6 Å². The van der Waals surface area contributed by atoms with Crippen LogP contribution in [0.4, 0.5) is 0 Å². The Labute approximate surface area is 158 Å². The molecule has 9 nitrogen and oxygen atoms in total. The maximum atomic E-state index is 12.7. The first-order valence-corrected chi connectivity index (χ1v) is 9.36. The van der Waals surface area contributed by atoms with Crippen molar-refractivity contribution in [2.24, 2.45) is 0 Å². The SMILES string of the molecule is CCNC(=O)[C@@H]1C[C@H](NC(=O)c2cnn(CC)c2C)CN1Cc1ncc[nH]1. The van der Waals surface area contributed by atoms with E-state index in [1.54, 1.807) is 23.3 Å². The lowest BCUT2D eigenvalue weighted by molar-refractivity contribution is -0.125. The Morgan fingerprint density at radius 3 is 2.81 bits per heavy atom. The topological polar surface area (TPSA) is 108 Å². The maximum Gasteiger partial charge on any atom is 0.255 e. The number of rotatable bonds is 7. The molecule has 0 saturated carbocycles. The van der Waals surface area contributed by atoms with E-state index in [4.69, 9.17) is 0 Å². The van der Waals surface area contributed by atoms with E-state index in [0.717, 1.165) is 18.1 Å². The van der Waals surface area contributed by atoms with E-state index in [0.29, 0.717) is 31.6 Å². The number of hydrogen-bond donors (Lipinski definition) is 3. The highest BCUT2D eigenvalue weighted by atomic mass is 16.2. The Bertz CT molecular complexity index is 784. The largest absolute Gasteiger partial charge is 0.355 e. The number of aryl methyl sites for hydroxylation is 1. The highest BCUT2D eigenvalue weighted by Gasteiger charge is 2.37. The number of imidazole rings is 1. The minimum atomic E-state index is -0.292. The van der Waals surface area contributed by atoms with Gasteiger partial charge in [-0.2, -0.15) is 5.10 Å². The van der Waals surface area contributed by atoms with Crippen molar-refractivity contribution < 1.29 is 9.59 Å². The van der Waals surface area contributed by atoms with Crippen LogP contribution in [0.2, 0.25) is 0 Å². The second-order valence-electron chi connectivity index (χ2n) is 6.74. The number of aromatic nitrogens is 4. The Balaban J connectivity index is 1.69. The first-order valence-electron chi connectivity index (χ1n) is 9.36. The number of nitrogens with one attached hydrogen (secondary N) is 3. The number of nitrogens with zero attached hydrogens (tertiary/aromatic N) is 4. The van der Waals surface area contributed by atoms with Gasteiger partial charge in [-0.25, -0.2) is 4.98 Å². The average Bonchev–Trinajstić information content (AvgIpc) is 3.36. The lowest BCUT2D eigenvalue weighted by atomic mass is 10.1. The van der Waals surface area contributed by atoms with E-state index in [2.05, 4.69) is 30.6 Å². The molecule has 1 aliphatic heterocycles. The van der Waals surface area contributed by atoms with Gasteiger partial charge in [0, 0.05) is 43.8 Å². The normalized spacial score (nSPS) is 20.0. The summed E-state index contributed by atoms with van der Waals surface area (Å²) in [4.78, 5) is 34.5. The van der Waals surface area contributed by atoms with Crippen molar-refractivity contribution >= 4 is 11.8 Å². The number of carbonyl (C=O) groups is 2. The molecule has 3 rings (SSSR count). The van der Waals surface area contributed by atoms with E-state index in [1.165, 1.54) is 0 Å². The molecule has 2 aromatic heterocycles. The summed E-state index contributed by atoms with van der Waals surface area (Å²) in [6.45, 7) is 8.21. The van der Waals surface area contributed by atoms with Crippen LogP contribution in [-0.4, -0.2) is 61.6 Å². The predicted octanol–water partition coefficient (Wildman–Crippen LogP) is 0.444. The third-order valence-corrected chi connectivity index (χ3v) is 4.95. The zero-order valence-corrected chi connectivity index (χ0v) is 16.0. The van der Waals surface area contributed by atoms with Crippen LogP contribution in [0.5, 0.6) is 0 Å². The highest BCUT2D eigenvalue weighted by molar-refractivity contribution is 5.95. The second-order valence-corrected chi connectivity index (χ2v) is 6.74. The van der Waals surface area contributed by atoms with Gasteiger partial charge in [-0.1, -0.05) is 0 Å². The third-order valence-electron chi connectivity index (χ3n) is 4.95. The molecule has 27 heavy (non-hydrogen) atoms. The van der Waals surface area contributed by atoms with Gasteiger partial charge >= 0.3 is 0 Å². The minimum Gasteiger partial charge on any atom is -0.355 e. The Hall–Kier alpha value is -2.68. The van der Waals surface area contributed by atoms with Gasteiger partial charge in [-0.05, 0) is 27.2 Å². The molecule has 9 heteroatoms. The highest BCUT2D eigenvalue weighted by Crippen LogP contribution is 2.21. The lowest BCUT2D eigenvalue weighted by Crippen LogP contribution is -2.42. The fourth-order valence-electron chi connectivity index (χ4n) is 3.58. The van der Waals surface area contributed by atoms with Gasteiger partial charge in [0.2, 0.25) is 5.91 Å². The summed E-state index contributed by atoms with van der Waals surface area (Å²) in [6.07, 6.45) is 5.63. The fraction of sp³-hybridized carbons (Fsp3) is 0.556. The van der Waals surface area contributed by atoms with Crippen molar-refractivity contribution in [3.63, 3.8) is 0 Å². The number of carbonyl (C=O) groups excluding carboxylic acids is 2. The van der Waals surface area contributed by atoms with Gasteiger partial charge in [-0.3, -0.25) is 19.2 Å². The molecule has 0 aromatic carbocycles. The summed E-state index contributed by atoms with van der Waals surface area (Å²) < 4.78 is 1.80. The Morgan fingerprint density at radius 2 is 2.19 bits per heavy atom. The summed E-state index contributed by atoms with van der Waals surface area (Å²) in [6, 6.07) is -0.399. The zero-order chi connectivity index (χ0) is 19.4. The van der Waals surface area contributed by atoms with Crippen molar-refractivity contribution in [1.82, 2.24) is 35.3 Å². The van der Waals surface area contributed by atoms with Crippen LogP contribution in [0.1, 0.15) is 42.1 Å². The van der Waals surface area contributed by atoms with E-state index in [1.807, 2.05) is 20.8 Å². The quantitative estimate of drug-likeness (QED) is 0.653. The van der Waals surface area contributed by atoms with Crippen molar-refractivity contribution in [3.8, 4) is 0 Å². The van der Waals surface area contributed by atoms with Crippen molar-refractivity contribution in [2.45, 2.75) is 52.4 Å². The standard InChI is InChI=1S/C18H27N7O2/c1-4-19-18(27)15-8-13(10-24(15)11-16-20-6-7-21-16)23-17(26)14-9-22-25(5-2)12(14)3/h6-7,9,13,15H,4-5,8,10-11H2,1-3H3,(H,19,27)(H,20,21)(H,23,26)/t13-,15-/m0/s1. The molecule has 0 radical (unpaired) electrons. The number of aromatic amines is 1. The van der Waals surface area contributed by atoms with Crippen molar-refractivity contribution in [3.05, 3.63) is 35.7 Å². The summed E-state index contributed by atoms with van der Waals surface area (Å²) in [5.74, 6) is 0.638. The third kappa shape index (κ3) is 4.19. The summed E-state index contributed by atoms with van der Waals surface area (Å²) >= 11 is 0. The number of hydrogen-bond acceptors (Lipinski definition) is 5. The molecule has 146 valence electrons. The van der Waals surface area contributed by atoms with Crippen LogP contribution in [0.25, 0.3) is 0 Å². The number of likely N-dealkylation sites (tertiary alicyclic amines) is 1. The Kier molecular flexibility index (Phi) is 5.90. The van der Waals surface area contributed by atoms with Crippen molar-refractivity contribution in [1.29, 1.82) is 0 Å². The molecule has 0 spiro atoms. The summed E-state index contributed by atoms with van der Waals surface area (Å²) in [5, 5.41) is 10.2. The van der Waals surface area contributed by atoms with Gasteiger partial charge in [0.25, 0.3) is 5.91 Å². The summed E-state index contributed by atoms with van der Waals surface area (Å²) in [5.41, 5.74) is 1.43. The molecule has 2 amide bonds. The predicted molar refractivity (Wildman–Crippen MR) is 100.0 cm³/mol. The monoisotopic (exact) mass is 373 g/mol. The molecule has 3 N–H and O–H groups in total. The number of likely N-dealkylation sites (N-methyl/N-ethyl adjacent to an activating group) is 1. The van der Waals surface area contributed by atoms with Crippen LogP contribution in [0, 0.1) is 6.92 Å². The summed E-state index contributed by atoms with van der Waals surface area (Å²) in [7, 11) is 0. The van der Waals surface area contributed by atoms with Crippen LogP contribution >= 0.6 is 0 Å². The van der Waals surface area contributed by atoms with Crippen LogP contribution < -0.4 is 10.6 Å². The van der Waals surface area contributed by atoms with Gasteiger partial charge in [0.15, 0.2) is 0 Å². The number of amides is 2. The molecule has 1 saturated heterocycles. The molecule has 0 aliphatic carbocycles. The first-order chi connectivity index (χ1) is 13.0. The molecule has 3 heterocycles. The molecule has 1 fully saturated rings. The van der Waals surface area contributed by atoms with E-state index in [-0.39, 0.29) is 23.9 Å². The van der Waals surface area contributed by atoms with E-state index < -0.39 is 0 Å². The fourth-order valence-corrected chi connectivity index (χ4v) is 3.58. The number of H-pyrrole nitrogens is 1. The molecular weight excluding hydrogens is 346 g/mol. The van der Waals surface area contributed by atoms with Crippen LogP contribution in [0.3, 0.4) is 0 Å². The van der Waals surface area contributed by atoms with Crippen LogP contribution in [-0.2, 0) is 17.9 Å². The first kappa shape index (κ1) is 19.1. The van der Waals surface area contributed by atoms with E-state index >= 15 is 0 Å². The maximum absolute atomic E-state index is 12.7. The minimum absolute atomic E-state index is 0.0178. The molecule has 0 unspecified atom stereocenters. The molecule has 0 bridgehead atoms. The second kappa shape index (κ2) is 8.34. The molecule has 2 atom stereocenters. The van der Waals surface area contributed by atoms with Gasteiger partial charge in [0.1, 0.15) is 5.82 Å². The molecular formula is C18H27N7O2.